The molecule has 0 radical (unpaired) electrons. The van der Waals surface area contributed by atoms with Gasteiger partial charge in [-0.05, 0) is 0 Å². The van der Waals surface area contributed by atoms with Crippen LogP contribution in [-0.4, -0.2) is 68.7 Å². The van der Waals surface area contributed by atoms with Gasteiger partial charge in [0, 0.05) is 45.3 Å². The normalized spacial score (nSPS) is 14.8. The maximum absolute atomic E-state index is 9.24. The van der Waals surface area contributed by atoms with Crippen molar-refractivity contribution in [1.29, 1.82) is 0 Å². The summed E-state index contributed by atoms with van der Waals surface area (Å²) in [4.78, 5) is 0. The van der Waals surface area contributed by atoms with Crippen LogP contribution in [0.25, 0.3) is 0 Å². The van der Waals surface area contributed by atoms with Crippen molar-refractivity contribution in [2.45, 2.75) is 10.5 Å². The van der Waals surface area contributed by atoms with Crippen molar-refractivity contribution in [2.24, 2.45) is 0 Å². The zero-order valence-corrected chi connectivity index (χ0v) is 13.6. The van der Waals surface area contributed by atoms with Crippen molar-refractivity contribution >= 4 is 58.5 Å². The van der Waals surface area contributed by atoms with E-state index in [0.717, 1.165) is 23.0 Å². The summed E-state index contributed by atoms with van der Waals surface area (Å²) in [7, 11) is 0. The molecule has 0 saturated carbocycles. The molecule has 0 aromatic rings. The van der Waals surface area contributed by atoms with Gasteiger partial charge in [0.2, 0.25) is 0 Å². The molecule has 2 nitrogen and oxygen atoms in total. The van der Waals surface area contributed by atoms with Gasteiger partial charge in [-0.2, -0.15) is 35.3 Å². The molecule has 0 aliphatic carbocycles. The number of aliphatic hydroxyl groups is 2. The Morgan fingerprint density at radius 2 is 1.71 bits per heavy atom. The van der Waals surface area contributed by atoms with E-state index in [1.54, 1.807) is 35.3 Å². The molecule has 0 aliphatic heterocycles. The number of hydrogen-bond donors (Lipinski definition) is 2. The first-order chi connectivity index (χ1) is 8.28. The van der Waals surface area contributed by atoms with E-state index >= 15 is 0 Å². The Balaban J connectivity index is 3.69. The molecule has 104 valence electrons. The third-order valence-electron chi connectivity index (χ3n) is 1.86. The van der Waals surface area contributed by atoms with Gasteiger partial charge >= 0.3 is 0 Å². The van der Waals surface area contributed by atoms with E-state index in [1.807, 2.05) is 0 Å². The molecule has 0 aromatic carbocycles. The third-order valence-corrected chi connectivity index (χ3v) is 6.99. The van der Waals surface area contributed by atoms with Crippen LogP contribution in [0.3, 0.4) is 0 Å². The molecule has 0 heterocycles. The van der Waals surface area contributed by atoms with Crippen LogP contribution in [-0.2, 0) is 0 Å². The molecule has 7 heteroatoms. The van der Waals surface area contributed by atoms with Crippen molar-refractivity contribution in [3.05, 3.63) is 0 Å². The van der Waals surface area contributed by atoms with Gasteiger partial charge in [0.25, 0.3) is 0 Å². The predicted octanol–water partition coefficient (Wildman–Crippen LogP) is 2.39. The van der Waals surface area contributed by atoms with Gasteiger partial charge in [0.15, 0.2) is 0 Å². The average Bonchev–Trinajstić information content (AvgIpc) is 2.36. The summed E-state index contributed by atoms with van der Waals surface area (Å²) >= 11 is 16.7. The second-order valence-electron chi connectivity index (χ2n) is 3.27. The lowest BCUT2D eigenvalue weighted by Gasteiger charge is -2.17. The van der Waals surface area contributed by atoms with Crippen molar-refractivity contribution in [1.82, 2.24) is 0 Å². The summed E-state index contributed by atoms with van der Waals surface area (Å²) in [5.41, 5.74) is 0. The average molecular weight is 339 g/mol. The van der Waals surface area contributed by atoms with Crippen LogP contribution in [0.2, 0.25) is 0 Å². The first kappa shape index (κ1) is 18.6. The Hall–Kier alpha value is 1.55. The van der Waals surface area contributed by atoms with Gasteiger partial charge in [-0.1, -0.05) is 0 Å². The van der Waals surface area contributed by atoms with Crippen LogP contribution in [0.5, 0.6) is 0 Å². The summed E-state index contributed by atoms with van der Waals surface area (Å²) < 4.78 is 0. The van der Waals surface area contributed by atoms with Gasteiger partial charge in [-0.15, -0.1) is 23.2 Å². The van der Waals surface area contributed by atoms with Crippen molar-refractivity contribution < 1.29 is 10.2 Å². The fourth-order valence-electron chi connectivity index (χ4n) is 1.02. The Morgan fingerprint density at radius 3 is 2.24 bits per heavy atom. The molecule has 0 fully saturated rings. The minimum Gasteiger partial charge on any atom is -0.396 e. The molecule has 0 aromatic heterocycles. The molecule has 2 N–H and O–H groups in total. The Labute approximate surface area is 127 Å². The van der Waals surface area contributed by atoms with Crippen LogP contribution in [0.1, 0.15) is 0 Å². The smallest absolute Gasteiger partial charge is 0.0558 e. The monoisotopic (exact) mass is 338 g/mol. The highest BCUT2D eigenvalue weighted by molar-refractivity contribution is 8.05. The molecule has 0 saturated heterocycles. The molecule has 0 amide bonds. The molecule has 2 unspecified atom stereocenters. The van der Waals surface area contributed by atoms with Crippen LogP contribution < -0.4 is 0 Å². The molecule has 2 atom stereocenters. The Kier molecular flexibility index (Phi) is 15.2. The number of rotatable bonds is 12. The van der Waals surface area contributed by atoms with E-state index in [4.69, 9.17) is 28.3 Å². The van der Waals surface area contributed by atoms with E-state index in [0.29, 0.717) is 17.0 Å². The third kappa shape index (κ3) is 11.1. The number of alkyl halides is 2. The zero-order valence-electron chi connectivity index (χ0n) is 9.69. The minimum atomic E-state index is 0.192. The number of halogens is 2. The predicted molar refractivity (Wildman–Crippen MR) is 85.4 cm³/mol. The Bertz CT molecular complexity index is 166. The van der Waals surface area contributed by atoms with E-state index in [-0.39, 0.29) is 18.5 Å². The summed E-state index contributed by atoms with van der Waals surface area (Å²) in [6.07, 6.45) is 0. The van der Waals surface area contributed by atoms with Gasteiger partial charge in [0.1, 0.15) is 0 Å². The second kappa shape index (κ2) is 14.0. The summed E-state index contributed by atoms with van der Waals surface area (Å²) in [6, 6.07) is 0. The Morgan fingerprint density at radius 1 is 0.941 bits per heavy atom. The topological polar surface area (TPSA) is 40.5 Å². The lowest BCUT2D eigenvalue weighted by molar-refractivity contribution is 0.301. The summed E-state index contributed by atoms with van der Waals surface area (Å²) in [5, 5.41) is 18.6. The molecule has 0 bridgehead atoms. The highest BCUT2D eigenvalue weighted by Crippen LogP contribution is 2.23. The highest BCUT2D eigenvalue weighted by atomic mass is 35.5. The van der Waals surface area contributed by atoms with Crippen LogP contribution in [0.15, 0.2) is 0 Å². The minimum absolute atomic E-state index is 0.192. The van der Waals surface area contributed by atoms with Crippen molar-refractivity contribution in [3.8, 4) is 0 Å². The van der Waals surface area contributed by atoms with Crippen LogP contribution >= 0.6 is 58.5 Å². The fourth-order valence-corrected chi connectivity index (χ4v) is 5.03. The second-order valence-corrected chi connectivity index (χ2v) is 7.85. The number of thioether (sulfide) groups is 3. The van der Waals surface area contributed by atoms with Crippen LogP contribution in [0, 0.1) is 0 Å². The van der Waals surface area contributed by atoms with Crippen molar-refractivity contribution in [3.63, 3.8) is 0 Å². The molecule has 0 aliphatic rings. The number of aliphatic hydroxyl groups excluding tert-OH is 2. The first-order valence-electron chi connectivity index (χ1n) is 5.43. The standard InChI is InChI=1S/C10H20Cl2O2S3/c11-1-3-15-7-10(6-14)17-8-9(5-12)16-4-2-13/h9-10,13-14H,1-8H2. The number of hydrogen-bond acceptors (Lipinski definition) is 5. The quantitative estimate of drug-likeness (QED) is 0.422. The molecule has 17 heavy (non-hydrogen) atoms. The highest BCUT2D eigenvalue weighted by Gasteiger charge is 2.13. The molecular weight excluding hydrogens is 319 g/mol. The van der Waals surface area contributed by atoms with E-state index in [9.17, 15) is 5.11 Å². The SMILES string of the molecule is OCCSC(CCl)CSC(CO)CSCCCl. The summed E-state index contributed by atoms with van der Waals surface area (Å²) in [5.74, 6) is 4.74. The fraction of sp³-hybridized carbons (Fsp3) is 1.00. The maximum Gasteiger partial charge on any atom is 0.0558 e. The van der Waals surface area contributed by atoms with Gasteiger partial charge in [0.05, 0.1) is 13.2 Å². The van der Waals surface area contributed by atoms with Crippen LogP contribution in [0.4, 0.5) is 0 Å². The lowest BCUT2D eigenvalue weighted by atomic mass is 10.5. The molecular formula is C10H20Cl2O2S3. The van der Waals surface area contributed by atoms with E-state index in [1.165, 1.54) is 0 Å². The first-order valence-corrected chi connectivity index (χ1v) is 9.75. The summed E-state index contributed by atoms with van der Waals surface area (Å²) in [6.45, 7) is 0.386. The van der Waals surface area contributed by atoms with Crippen molar-refractivity contribution in [2.75, 3.05) is 48.0 Å². The lowest BCUT2D eigenvalue weighted by Crippen LogP contribution is -2.18. The molecule has 0 spiro atoms. The maximum atomic E-state index is 9.24. The van der Waals surface area contributed by atoms with E-state index < -0.39 is 0 Å². The molecule has 0 rings (SSSR count). The largest absolute Gasteiger partial charge is 0.396 e. The van der Waals surface area contributed by atoms with Gasteiger partial charge in [-0.25, -0.2) is 0 Å². The zero-order chi connectivity index (χ0) is 12.9. The van der Waals surface area contributed by atoms with Gasteiger partial charge < -0.3 is 10.2 Å². The van der Waals surface area contributed by atoms with Gasteiger partial charge in [-0.3, -0.25) is 0 Å². The van der Waals surface area contributed by atoms with E-state index in [2.05, 4.69) is 0 Å².